The molecule has 68 valence electrons. The minimum Gasteiger partial charge on any atom is -0.153 e. The first kappa shape index (κ1) is 11.7. The maximum atomic E-state index is 6.36. The van der Waals surface area contributed by atoms with Crippen LogP contribution >= 0.6 is 21.5 Å². The summed E-state index contributed by atoms with van der Waals surface area (Å²) in [6.07, 6.45) is 5.13. The van der Waals surface area contributed by atoms with Crippen LogP contribution in [0.1, 0.15) is 46.5 Å². The first-order valence-electron chi connectivity index (χ1n) is 4.15. The zero-order valence-electron chi connectivity index (χ0n) is 7.91. The van der Waals surface area contributed by atoms with Crippen LogP contribution in [0.5, 0.6) is 0 Å². The molecule has 0 aromatic carbocycles. The fraction of sp³-hybridized carbons (Fsp3) is 1.00. The van der Waals surface area contributed by atoms with Crippen LogP contribution in [0, 0.1) is 5.41 Å². The number of halogens is 1. The van der Waals surface area contributed by atoms with Gasteiger partial charge in [0.15, 0.2) is 0 Å². The van der Waals surface area contributed by atoms with Crippen molar-refractivity contribution in [1.29, 1.82) is 0 Å². The molecular weight excluding hydrogens is 175 g/mol. The van der Waals surface area contributed by atoms with Crippen molar-refractivity contribution in [2.45, 2.75) is 51.3 Å². The van der Waals surface area contributed by atoms with Crippen LogP contribution in [0.4, 0.5) is 0 Å². The minimum absolute atomic E-state index is 0. The highest BCUT2D eigenvalue weighted by atomic mass is 35.5. The third-order valence-electron chi connectivity index (χ3n) is 3.11. The van der Waals surface area contributed by atoms with Gasteiger partial charge < -0.3 is 0 Å². The van der Waals surface area contributed by atoms with Crippen molar-refractivity contribution in [1.82, 2.24) is 0 Å². The van der Waals surface area contributed by atoms with Gasteiger partial charge in [0.05, 0.1) is 0 Å². The van der Waals surface area contributed by atoms with Crippen LogP contribution < -0.4 is 0 Å². The van der Waals surface area contributed by atoms with Crippen LogP contribution in [0.15, 0.2) is 0 Å². The van der Waals surface area contributed by atoms with Gasteiger partial charge in [0.25, 0.3) is 0 Å². The van der Waals surface area contributed by atoms with E-state index in [2.05, 4.69) is 20.8 Å². The van der Waals surface area contributed by atoms with E-state index in [0.717, 1.165) is 0 Å². The average Bonchev–Trinajstić information content (AvgIpc) is 1.77. The predicted octanol–water partition coefficient (Wildman–Crippen LogP) is 3.64. The van der Waals surface area contributed by atoms with Crippen molar-refractivity contribution >= 4 is 21.5 Å². The molecule has 0 heterocycles. The van der Waals surface area contributed by atoms with Gasteiger partial charge in [0, 0.05) is 4.87 Å². The lowest BCUT2D eigenvalue weighted by atomic mass is 9.69. The molecule has 1 rings (SSSR count). The first-order chi connectivity index (χ1) is 4.46. The van der Waals surface area contributed by atoms with Gasteiger partial charge in [-0.3, -0.25) is 0 Å². The Balaban J connectivity index is 0.000001000. The summed E-state index contributed by atoms with van der Waals surface area (Å²) in [4.78, 5) is 0.0469. The van der Waals surface area contributed by atoms with E-state index < -0.39 is 0 Å². The van der Waals surface area contributed by atoms with E-state index in [1.54, 1.807) is 0 Å². The molecule has 0 amide bonds. The molecule has 0 saturated heterocycles. The summed E-state index contributed by atoms with van der Waals surface area (Å²) in [5.74, 6) is 0. The molecule has 0 aromatic rings. The third kappa shape index (κ3) is 2.33. The summed E-state index contributed by atoms with van der Waals surface area (Å²) in [7, 11) is 0. The second-order valence-electron chi connectivity index (χ2n) is 4.29. The van der Waals surface area contributed by atoms with Gasteiger partial charge >= 0.3 is 0 Å². The first-order valence-corrected chi connectivity index (χ1v) is 4.52. The summed E-state index contributed by atoms with van der Waals surface area (Å²) in [5.41, 5.74) is 0.340. The smallest absolute Gasteiger partial charge is 0.0469 e. The van der Waals surface area contributed by atoms with Crippen LogP contribution in [-0.4, -0.2) is 4.87 Å². The van der Waals surface area contributed by atoms with Crippen molar-refractivity contribution in [2.24, 2.45) is 5.41 Å². The van der Waals surface area contributed by atoms with Crippen LogP contribution in [-0.2, 0) is 0 Å². The molecule has 2 unspecified atom stereocenters. The van der Waals surface area contributed by atoms with Gasteiger partial charge in [-0.05, 0) is 25.2 Å². The Morgan fingerprint density at radius 2 is 1.45 bits per heavy atom. The number of alkyl halides is 1. The summed E-state index contributed by atoms with van der Waals surface area (Å²) in [5, 5.41) is 0. The Bertz CT molecular complexity index is 114. The van der Waals surface area contributed by atoms with Gasteiger partial charge in [-0.2, -0.15) is 9.90 Å². The number of hydrogen-bond donors (Lipinski definition) is 0. The molecule has 0 N–H and O–H groups in total. The summed E-state index contributed by atoms with van der Waals surface area (Å²) < 4.78 is 0. The Kier molecular flexibility index (Phi) is 3.86. The molecule has 0 nitrogen and oxygen atoms in total. The quantitative estimate of drug-likeness (QED) is 0.408. The molecule has 0 radical (unpaired) electrons. The Hall–Kier alpha value is 0.720. The summed E-state index contributed by atoms with van der Waals surface area (Å²) >= 11 is 6.36. The van der Waals surface area contributed by atoms with Gasteiger partial charge in [0.2, 0.25) is 0 Å². The highest BCUT2D eigenvalue weighted by Gasteiger charge is 2.40. The van der Waals surface area contributed by atoms with Crippen molar-refractivity contribution in [3.63, 3.8) is 0 Å². The van der Waals surface area contributed by atoms with E-state index in [0.29, 0.717) is 5.41 Å². The minimum atomic E-state index is 0. The van der Waals surface area contributed by atoms with Crippen LogP contribution in [0.3, 0.4) is 0 Å². The highest BCUT2D eigenvalue weighted by molar-refractivity contribution is 6.92. The van der Waals surface area contributed by atoms with E-state index in [1.807, 2.05) is 0 Å². The Morgan fingerprint density at radius 1 is 1.00 bits per heavy atom. The fourth-order valence-electron chi connectivity index (χ4n) is 1.62. The molecule has 2 atom stereocenters. The van der Waals surface area contributed by atoms with Crippen LogP contribution in [0.2, 0.25) is 0 Å². The molecule has 11 heavy (non-hydrogen) atoms. The number of hydrogen-bond acceptors (Lipinski definition) is 0. The van der Waals surface area contributed by atoms with Gasteiger partial charge in [0.1, 0.15) is 0 Å². The van der Waals surface area contributed by atoms with Crippen molar-refractivity contribution < 1.29 is 0 Å². The maximum Gasteiger partial charge on any atom is 0.0469 e. The topological polar surface area (TPSA) is 0 Å². The molecule has 1 aliphatic rings. The van der Waals surface area contributed by atoms with E-state index in [4.69, 9.17) is 11.6 Å². The molecule has 2 heteroatoms. The summed E-state index contributed by atoms with van der Waals surface area (Å²) in [6.45, 7) is 6.73. The van der Waals surface area contributed by atoms with E-state index in [9.17, 15) is 0 Å². The molecular formula is C9H20ClP. The second kappa shape index (κ2) is 3.62. The van der Waals surface area contributed by atoms with Gasteiger partial charge in [-0.15, -0.1) is 11.6 Å². The molecule has 0 aliphatic heterocycles. The molecule has 0 spiro atoms. The van der Waals surface area contributed by atoms with Gasteiger partial charge in [-0.1, -0.05) is 26.7 Å². The lowest BCUT2D eigenvalue weighted by molar-refractivity contribution is 0.179. The van der Waals surface area contributed by atoms with E-state index >= 15 is 0 Å². The average molecular weight is 195 g/mol. The zero-order chi connectivity index (χ0) is 7.83. The largest absolute Gasteiger partial charge is 0.153 e. The van der Waals surface area contributed by atoms with E-state index in [-0.39, 0.29) is 14.8 Å². The SMILES string of the molecule is CC1(C)CCCCC1(C)Cl.P. The molecule has 1 aliphatic carbocycles. The van der Waals surface area contributed by atoms with Gasteiger partial charge in [-0.25, -0.2) is 0 Å². The van der Waals surface area contributed by atoms with Crippen molar-refractivity contribution in [3.8, 4) is 0 Å². The Morgan fingerprint density at radius 3 is 1.73 bits per heavy atom. The van der Waals surface area contributed by atoms with Crippen molar-refractivity contribution in [3.05, 3.63) is 0 Å². The van der Waals surface area contributed by atoms with Crippen LogP contribution in [0.25, 0.3) is 0 Å². The second-order valence-corrected chi connectivity index (χ2v) is 5.12. The lowest BCUT2D eigenvalue weighted by Gasteiger charge is -2.43. The number of rotatable bonds is 0. The van der Waals surface area contributed by atoms with E-state index in [1.165, 1.54) is 25.7 Å². The highest BCUT2D eigenvalue weighted by Crippen LogP contribution is 2.47. The molecule has 1 fully saturated rings. The molecule has 1 saturated carbocycles. The lowest BCUT2D eigenvalue weighted by Crippen LogP contribution is -2.39. The maximum absolute atomic E-state index is 6.36. The monoisotopic (exact) mass is 194 g/mol. The third-order valence-corrected chi connectivity index (χ3v) is 3.81. The Labute approximate surface area is 78.7 Å². The fourth-order valence-corrected chi connectivity index (χ4v) is 1.85. The predicted molar refractivity (Wildman–Crippen MR) is 57.6 cm³/mol. The molecule has 0 aromatic heterocycles. The zero-order valence-corrected chi connectivity index (χ0v) is 10.1. The summed E-state index contributed by atoms with van der Waals surface area (Å²) in [6, 6.07) is 0. The standard InChI is InChI=1S/C9H17Cl.H3P/c1-8(2)6-4-5-7-9(8,3)10;/h4-7H2,1-3H3;1H3. The van der Waals surface area contributed by atoms with Crippen molar-refractivity contribution in [2.75, 3.05) is 0 Å². The normalized spacial score (nSPS) is 36.0. The molecule has 0 bridgehead atoms.